The lowest BCUT2D eigenvalue weighted by atomic mass is 10.2. The van der Waals surface area contributed by atoms with Gasteiger partial charge in [0.2, 0.25) is 5.28 Å². The van der Waals surface area contributed by atoms with Crippen LogP contribution in [0.4, 0.5) is 11.5 Å². The molecule has 0 unspecified atom stereocenters. The maximum atomic E-state index is 6.13. The number of hydrogen-bond donors (Lipinski definition) is 1. The zero-order valence-corrected chi connectivity index (χ0v) is 13.7. The minimum atomic E-state index is 0.176. The van der Waals surface area contributed by atoms with Crippen LogP contribution in [0.3, 0.4) is 0 Å². The Labute approximate surface area is 144 Å². The lowest BCUT2D eigenvalue weighted by Gasteiger charge is -2.08. The highest BCUT2D eigenvalue weighted by molar-refractivity contribution is 6.28. The Hall–Kier alpha value is -2.92. The zero-order chi connectivity index (χ0) is 16.5. The number of imidazole rings is 1. The molecule has 0 spiro atoms. The second-order valence-corrected chi connectivity index (χ2v) is 5.79. The van der Waals surface area contributed by atoms with Gasteiger partial charge < -0.3 is 5.32 Å². The average Bonchev–Trinajstić information content (AvgIpc) is 3.00. The normalized spacial score (nSPS) is 10.9. The number of hydrogen-bond acceptors (Lipinski definition) is 4. The maximum Gasteiger partial charge on any atom is 0.226 e. The zero-order valence-electron chi connectivity index (χ0n) is 12.9. The molecule has 0 aliphatic heterocycles. The van der Waals surface area contributed by atoms with Crippen LogP contribution in [-0.4, -0.2) is 19.5 Å². The third-order valence-corrected chi connectivity index (χ3v) is 3.89. The van der Waals surface area contributed by atoms with Crippen molar-refractivity contribution in [2.75, 3.05) is 5.32 Å². The van der Waals surface area contributed by atoms with E-state index in [0.717, 1.165) is 11.4 Å². The summed E-state index contributed by atoms with van der Waals surface area (Å²) in [6.07, 6.45) is 1.73. The Morgan fingerprint density at radius 1 is 0.958 bits per heavy atom. The molecular formula is C18H14ClN5. The van der Waals surface area contributed by atoms with Gasteiger partial charge >= 0.3 is 0 Å². The fourth-order valence-corrected chi connectivity index (χ4v) is 2.68. The Kier molecular flexibility index (Phi) is 3.63. The number of aromatic nitrogens is 4. The van der Waals surface area contributed by atoms with Crippen LogP contribution >= 0.6 is 11.6 Å². The highest BCUT2D eigenvalue weighted by Crippen LogP contribution is 2.26. The van der Waals surface area contributed by atoms with E-state index >= 15 is 0 Å². The first-order chi connectivity index (χ1) is 11.7. The molecule has 24 heavy (non-hydrogen) atoms. The largest absolute Gasteiger partial charge is 0.338 e. The quantitative estimate of drug-likeness (QED) is 0.559. The van der Waals surface area contributed by atoms with Crippen molar-refractivity contribution in [1.29, 1.82) is 0 Å². The van der Waals surface area contributed by atoms with Crippen molar-refractivity contribution in [2.45, 2.75) is 6.92 Å². The monoisotopic (exact) mass is 335 g/mol. The van der Waals surface area contributed by atoms with Crippen LogP contribution in [0.2, 0.25) is 5.28 Å². The highest BCUT2D eigenvalue weighted by Gasteiger charge is 2.13. The molecule has 118 valence electrons. The van der Waals surface area contributed by atoms with Crippen LogP contribution in [-0.2, 0) is 0 Å². The topological polar surface area (TPSA) is 55.6 Å². The first-order valence-corrected chi connectivity index (χ1v) is 7.88. The molecule has 0 aliphatic rings. The van der Waals surface area contributed by atoms with Gasteiger partial charge in [-0.3, -0.25) is 4.57 Å². The minimum Gasteiger partial charge on any atom is -0.338 e. The van der Waals surface area contributed by atoms with Gasteiger partial charge in [-0.15, -0.1) is 0 Å². The lowest BCUT2D eigenvalue weighted by Crippen LogP contribution is -1.99. The molecule has 0 atom stereocenters. The van der Waals surface area contributed by atoms with E-state index in [4.69, 9.17) is 11.6 Å². The minimum absolute atomic E-state index is 0.176. The second kappa shape index (κ2) is 5.94. The van der Waals surface area contributed by atoms with Crippen LogP contribution in [0.15, 0.2) is 60.9 Å². The molecule has 1 N–H and O–H groups in total. The van der Waals surface area contributed by atoms with Crippen molar-refractivity contribution >= 4 is 34.3 Å². The second-order valence-electron chi connectivity index (χ2n) is 5.45. The first kappa shape index (κ1) is 14.7. The summed E-state index contributed by atoms with van der Waals surface area (Å²) in [5, 5.41) is 3.43. The van der Waals surface area contributed by atoms with Gasteiger partial charge in [0.05, 0.1) is 0 Å². The number of nitrogens with zero attached hydrogens (tertiary/aromatic N) is 4. The van der Waals surface area contributed by atoms with Crippen LogP contribution < -0.4 is 5.32 Å². The highest BCUT2D eigenvalue weighted by atomic mass is 35.5. The van der Waals surface area contributed by atoms with Crippen molar-refractivity contribution in [3.8, 4) is 5.69 Å². The van der Waals surface area contributed by atoms with Crippen LogP contribution in [0.1, 0.15) is 5.56 Å². The maximum absolute atomic E-state index is 6.13. The van der Waals surface area contributed by atoms with E-state index in [-0.39, 0.29) is 5.28 Å². The number of anilines is 2. The standard InChI is InChI=1S/C18H14ClN5/c1-12-7-9-14(10-8-12)24-11-20-15-16(22-18(19)23-17(15)24)21-13-5-3-2-4-6-13/h2-11H,1H3,(H,21,22,23). The van der Waals surface area contributed by atoms with E-state index in [1.54, 1.807) is 6.33 Å². The van der Waals surface area contributed by atoms with Crippen LogP contribution in [0.5, 0.6) is 0 Å². The molecule has 0 amide bonds. The first-order valence-electron chi connectivity index (χ1n) is 7.50. The Bertz CT molecular complexity index is 993. The summed E-state index contributed by atoms with van der Waals surface area (Å²) in [7, 11) is 0. The molecule has 4 aromatic rings. The smallest absolute Gasteiger partial charge is 0.226 e. The van der Waals surface area contributed by atoms with E-state index < -0.39 is 0 Å². The molecule has 6 heteroatoms. The Morgan fingerprint density at radius 2 is 1.71 bits per heavy atom. The molecule has 2 aromatic heterocycles. The number of nitrogens with one attached hydrogen (secondary N) is 1. The van der Waals surface area contributed by atoms with E-state index in [0.29, 0.717) is 17.0 Å². The number of halogens is 1. The fraction of sp³-hybridized carbons (Fsp3) is 0.0556. The molecule has 0 bridgehead atoms. The van der Waals surface area contributed by atoms with Gasteiger partial charge in [-0.05, 0) is 42.8 Å². The number of rotatable bonds is 3. The van der Waals surface area contributed by atoms with Crippen LogP contribution in [0.25, 0.3) is 16.9 Å². The van der Waals surface area contributed by atoms with Gasteiger partial charge in [-0.1, -0.05) is 35.9 Å². The molecule has 0 saturated heterocycles. The predicted octanol–water partition coefficient (Wildman–Crippen LogP) is 4.52. The number of benzene rings is 2. The van der Waals surface area contributed by atoms with Gasteiger partial charge in [-0.25, -0.2) is 4.98 Å². The van der Waals surface area contributed by atoms with E-state index in [1.165, 1.54) is 5.56 Å². The summed E-state index contributed by atoms with van der Waals surface area (Å²) in [4.78, 5) is 13.1. The molecule has 0 saturated carbocycles. The summed E-state index contributed by atoms with van der Waals surface area (Å²) < 4.78 is 1.90. The molecule has 0 radical (unpaired) electrons. The number of fused-ring (bicyclic) bond motifs is 1. The molecule has 2 heterocycles. The van der Waals surface area contributed by atoms with Gasteiger partial charge in [0.25, 0.3) is 0 Å². The molecule has 4 rings (SSSR count). The number of aryl methyl sites for hydroxylation is 1. The van der Waals surface area contributed by atoms with Crippen molar-refractivity contribution in [1.82, 2.24) is 19.5 Å². The van der Waals surface area contributed by atoms with Crippen molar-refractivity contribution in [3.05, 3.63) is 71.8 Å². The Morgan fingerprint density at radius 3 is 2.46 bits per heavy atom. The van der Waals surface area contributed by atoms with Crippen LogP contribution in [0, 0.1) is 6.92 Å². The van der Waals surface area contributed by atoms with Crippen molar-refractivity contribution < 1.29 is 0 Å². The summed E-state index contributed by atoms with van der Waals surface area (Å²) >= 11 is 6.13. The van der Waals surface area contributed by atoms with Gasteiger partial charge in [-0.2, -0.15) is 9.97 Å². The predicted molar refractivity (Wildman–Crippen MR) is 96.1 cm³/mol. The third kappa shape index (κ3) is 2.70. The SMILES string of the molecule is Cc1ccc(-n2cnc3c(Nc4ccccc4)nc(Cl)nc32)cc1. The lowest BCUT2D eigenvalue weighted by molar-refractivity contribution is 1.06. The average molecular weight is 336 g/mol. The van der Waals surface area contributed by atoms with Crippen molar-refractivity contribution in [3.63, 3.8) is 0 Å². The van der Waals surface area contributed by atoms with E-state index in [1.807, 2.05) is 59.2 Å². The van der Waals surface area contributed by atoms with Gasteiger partial charge in [0, 0.05) is 11.4 Å². The molecule has 2 aromatic carbocycles. The molecule has 0 fully saturated rings. The van der Waals surface area contributed by atoms with E-state index in [2.05, 4.69) is 27.2 Å². The number of para-hydroxylation sites is 1. The molecular weight excluding hydrogens is 322 g/mol. The van der Waals surface area contributed by atoms with E-state index in [9.17, 15) is 0 Å². The molecule has 5 nitrogen and oxygen atoms in total. The summed E-state index contributed by atoms with van der Waals surface area (Å²) in [6.45, 7) is 2.05. The van der Waals surface area contributed by atoms with Crippen molar-refractivity contribution in [2.24, 2.45) is 0 Å². The summed E-state index contributed by atoms with van der Waals surface area (Å²) in [5.41, 5.74) is 4.42. The van der Waals surface area contributed by atoms with Gasteiger partial charge in [0.1, 0.15) is 6.33 Å². The summed E-state index contributed by atoms with van der Waals surface area (Å²) in [5.74, 6) is 0.585. The fourth-order valence-electron chi connectivity index (χ4n) is 2.51. The molecule has 0 aliphatic carbocycles. The van der Waals surface area contributed by atoms with Gasteiger partial charge in [0.15, 0.2) is 17.0 Å². The Balaban J connectivity index is 1.84. The summed E-state index contributed by atoms with van der Waals surface area (Å²) in [6, 6.07) is 17.9. The third-order valence-electron chi connectivity index (χ3n) is 3.72.